The van der Waals surface area contributed by atoms with Crippen molar-refractivity contribution in [1.29, 1.82) is 0 Å². The Morgan fingerprint density at radius 1 is 1.29 bits per heavy atom. The van der Waals surface area contributed by atoms with Crippen LogP contribution in [0.3, 0.4) is 0 Å². The molecule has 1 heterocycles. The van der Waals surface area contributed by atoms with Crippen molar-refractivity contribution >= 4 is 5.82 Å². The maximum Gasteiger partial charge on any atom is 0.573 e. The highest BCUT2D eigenvalue weighted by Gasteiger charge is 2.31. The molecule has 0 amide bonds. The zero-order valence-corrected chi connectivity index (χ0v) is 10.8. The van der Waals surface area contributed by atoms with Gasteiger partial charge in [0.1, 0.15) is 11.6 Å². The fourth-order valence-corrected chi connectivity index (χ4v) is 1.90. The molecule has 0 saturated heterocycles. The number of aromatic nitrogens is 2. The molecule has 6 N–H and O–H groups in total. The Morgan fingerprint density at radius 2 is 1.95 bits per heavy atom. The van der Waals surface area contributed by atoms with Crippen molar-refractivity contribution in [2.24, 2.45) is 5.84 Å². The summed E-state index contributed by atoms with van der Waals surface area (Å²) < 4.78 is 40.0. The van der Waals surface area contributed by atoms with Crippen LogP contribution in [0.2, 0.25) is 0 Å². The molecule has 2 aromatic rings. The van der Waals surface area contributed by atoms with E-state index in [-0.39, 0.29) is 11.8 Å². The first-order chi connectivity index (χ1) is 9.89. The third-order valence-electron chi connectivity index (χ3n) is 2.87. The number of anilines is 1. The van der Waals surface area contributed by atoms with E-state index < -0.39 is 6.36 Å². The number of hydrogen-bond acceptors (Lipinski definition) is 5. The van der Waals surface area contributed by atoms with Crippen LogP contribution in [0.5, 0.6) is 5.75 Å². The lowest BCUT2D eigenvalue weighted by atomic mass is 10.0. The minimum atomic E-state index is -4.70. The molecule has 0 spiro atoms. The summed E-state index contributed by atoms with van der Waals surface area (Å²) in [7, 11) is 0. The second-order valence-corrected chi connectivity index (χ2v) is 4.35. The van der Waals surface area contributed by atoms with Crippen molar-refractivity contribution in [1.82, 2.24) is 15.6 Å². The van der Waals surface area contributed by atoms with E-state index in [9.17, 15) is 13.2 Å². The Balaban J connectivity index is 2.07. The molecule has 0 aliphatic carbocycles. The summed E-state index contributed by atoms with van der Waals surface area (Å²) >= 11 is 0. The molecule has 1 aromatic heterocycles. The van der Waals surface area contributed by atoms with Gasteiger partial charge >= 0.3 is 6.36 Å². The van der Waals surface area contributed by atoms with Crippen molar-refractivity contribution in [3.05, 3.63) is 41.6 Å². The first-order valence-electron chi connectivity index (χ1n) is 5.98. The Bertz CT molecular complexity index is 581. The lowest BCUT2D eigenvalue weighted by Crippen LogP contribution is -2.29. The van der Waals surface area contributed by atoms with Gasteiger partial charge in [-0.2, -0.15) is 5.10 Å². The van der Waals surface area contributed by atoms with Crippen molar-refractivity contribution in [3.8, 4) is 5.75 Å². The molecule has 2 rings (SSSR count). The number of rotatable bonds is 5. The number of halogens is 3. The predicted octanol–water partition coefficient (Wildman–Crippen LogP) is 1.64. The fraction of sp³-hybridized carbons (Fsp3) is 0.250. The maximum atomic E-state index is 12.1. The first-order valence-corrected chi connectivity index (χ1v) is 5.98. The highest BCUT2D eigenvalue weighted by atomic mass is 19.4. The number of nitrogen functional groups attached to an aromatic ring is 1. The van der Waals surface area contributed by atoms with Crippen LogP contribution in [-0.2, 0) is 6.42 Å². The molecule has 21 heavy (non-hydrogen) atoms. The summed E-state index contributed by atoms with van der Waals surface area (Å²) in [5.41, 5.74) is 9.76. The summed E-state index contributed by atoms with van der Waals surface area (Å²) in [5.74, 6) is 5.59. The van der Waals surface area contributed by atoms with Gasteiger partial charge in [0.05, 0.1) is 12.2 Å². The van der Waals surface area contributed by atoms with Crippen LogP contribution < -0.4 is 21.7 Å². The van der Waals surface area contributed by atoms with Crippen molar-refractivity contribution in [2.75, 3.05) is 5.73 Å². The summed E-state index contributed by atoms with van der Waals surface area (Å²) in [4.78, 5) is 0. The van der Waals surface area contributed by atoms with E-state index in [1.165, 1.54) is 24.3 Å². The van der Waals surface area contributed by atoms with Crippen LogP contribution in [0.4, 0.5) is 19.0 Å². The third-order valence-corrected chi connectivity index (χ3v) is 2.87. The number of H-pyrrole nitrogens is 1. The minimum Gasteiger partial charge on any atom is -0.406 e. The Morgan fingerprint density at radius 3 is 2.43 bits per heavy atom. The lowest BCUT2D eigenvalue weighted by molar-refractivity contribution is -0.274. The standard InChI is InChI=1S/C12H14F3N5O/c13-12(14,15)21-8-3-1-7(2-4-8)5-10(19-17)9-6-18-20-11(9)16/h1-4,6,10,19H,5,17H2,(H3,16,18,20). The SMILES string of the molecule is NNC(Cc1ccc(OC(F)(F)F)cc1)c1cn[nH]c1N. The highest BCUT2D eigenvalue weighted by Crippen LogP contribution is 2.25. The number of aromatic amines is 1. The quantitative estimate of drug-likeness (QED) is 0.497. The van der Waals surface area contributed by atoms with Gasteiger partial charge in [-0.15, -0.1) is 13.2 Å². The molecule has 0 radical (unpaired) electrons. The topological polar surface area (TPSA) is 102 Å². The van der Waals surface area contributed by atoms with E-state index in [2.05, 4.69) is 20.4 Å². The molecular weight excluding hydrogens is 287 g/mol. The molecule has 114 valence electrons. The van der Waals surface area contributed by atoms with Gasteiger partial charge in [-0.05, 0) is 24.1 Å². The summed E-state index contributed by atoms with van der Waals surface area (Å²) in [6, 6.07) is 5.24. The second-order valence-electron chi connectivity index (χ2n) is 4.35. The molecule has 1 unspecified atom stereocenters. The molecule has 0 aliphatic heterocycles. The molecular formula is C12H14F3N5O. The number of benzene rings is 1. The predicted molar refractivity (Wildman–Crippen MR) is 69.9 cm³/mol. The van der Waals surface area contributed by atoms with E-state index >= 15 is 0 Å². The number of nitrogens with two attached hydrogens (primary N) is 2. The fourth-order valence-electron chi connectivity index (χ4n) is 1.90. The Labute approximate surface area is 118 Å². The van der Waals surface area contributed by atoms with Crippen LogP contribution in [0, 0.1) is 0 Å². The van der Waals surface area contributed by atoms with Gasteiger partial charge < -0.3 is 10.5 Å². The lowest BCUT2D eigenvalue weighted by Gasteiger charge is -2.15. The van der Waals surface area contributed by atoms with E-state index in [4.69, 9.17) is 11.6 Å². The van der Waals surface area contributed by atoms with Crippen LogP contribution in [0.15, 0.2) is 30.5 Å². The number of hydrazine groups is 1. The average molecular weight is 301 g/mol. The largest absolute Gasteiger partial charge is 0.573 e. The van der Waals surface area contributed by atoms with Gasteiger partial charge in [0, 0.05) is 5.56 Å². The normalized spacial score (nSPS) is 13.1. The van der Waals surface area contributed by atoms with E-state index in [0.717, 1.165) is 5.56 Å². The molecule has 0 saturated carbocycles. The molecule has 6 nitrogen and oxygen atoms in total. The van der Waals surface area contributed by atoms with Crippen LogP contribution >= 0.6 is 0 Å². The number of nitrogens with one attached hydrogen (secondary N) is 2. The average Bonchev–Trinajstić information content (AvgIpc) is 2.82. The molecule has 0 bridgehead atoms. The van der Waals surface area contributed by atoms with Crippen LogP contribution in [0.1, 0.15) is 17.2 Å². The van der Waals surface area contributed by atoms with Gasteiger partial charge in [0.2, 0.25) is 0 Å². The van der Waals surface area contributed by atoms with E-state index in [1.54, 1.807) is 6.20 Å². The van der Waals surface area contributed by atoms with Gasteiger partial charge in [-0.25, -0.2) is 0 Å². The number of alkyl halides is 3. The summed E-state index contributed by atoms with van der Waals surface area (Å²) in [6.07, 6.45) is -2.72. The smallest absolute Gasteiger partial charge is 0.406 e. The molecule has 0 aliphatic rings. The van der Waals surface area contributed by atoms with E-state index in [1.807, 2.05) is 0 Å². The van der Waals surface area contributed by atoms with Crippen molar-refractivity contribution in [3.63, 3.8) is 0 Å². The molecule has 0 fully saturated rings. The molecule has 1 aromatic carbocycles. The number of nitrogens with zero attached hydrogens (tertiary/aromatic N) is 1. The van der Waals surface area contributed by atoms with Crippen LogP contribution in [0.25, 0.3) is 0 Å². The number of hydrogen-bond donors (Lipinski definition) is 4. The summed E-state index contributed by atoms with van der Waals surface area (Å²) in [5, 5.41) is 6.39. The Kier molecular flexibility index (Phi) is 4.34. The number of ether oxygens (including phenoxy) is 1. The zero-order valence-electron chi connectivity index (χ0n) is 10.8. The molecule has 9 heteroatoms. The first kappa shape index (κ1) is 15.1. The zero-order chi connectivity index (χ0) is 15.5. The molecule has 1 atom stereocenters. The second kappa shape index (κ2) is 6.02. The summed E-state index contributed by atoms with van der Waals surface area (Å²) in [6.45, 7) is 0. The highest BCUT2D eigenvalue weighted by molar-refractivity contribution is 5.40. The van der Waals surface area contributed by atoms with Crippen molar-refractivity contribution < 1.29 is 17.9 Å². The van der Waals surface area contributed by atoms with Crippen molar-refractivity contribution in [2.45, 2.75) is 18.8 Å². The third kappa shape index (κ3) is 4.10. The monoisotopic (exact) mass is 301 g/mol. The maximum absolute atomic E-state index is 12.1. The minimum absolute atomic E-state index is 0.272. The van der Waals surface area contributed by atoms with E-state index in [0.29, 0.717) is 17.8 Å². The van der Waals surface area contributed by atoms with Gasteiger partial charge in [0.15, 0.2) is 0 Å². The van der Waals surface area contributed by atoms with Gasteiger partial charge in [-0.3, -0.25) is 16.4 Å². The van der Waals surface area contributed by atoms with Gasteiger partial charge in [0.25, 0.3) is 0 Å². The van der Waals surface area contributed by atoms with Crippen LogP contribution in [-0.4, -0.2) is 16.6 Å². The Hall–Kier alpha value is -2.26. The van der Waals surface area contributed by atoms with Gasteiger partial charge in [-0.1, -0.05) is 12.1 Å².